The molecule has 0 bridgehead atoms. The molecular weight excluding hydrogens is 183 g/mol. The Morgan fingerprint density at radius 1 is 0.833 bits per heavy atom. The molecule has 0 spiro atoms. The van der Waals surface area contributed by atoms with E-state index in [1.807, 2.05) is 0 Å². The van der Waals surface area contributed by atoms with Crippen LogP contribution in [0.25, 0.3) is 0 Å². The van der Waals surface area contributed by atoms with Gasteiger partial charge in [-0.05, 0) is 0 Å². The molecule has 0 aliphatic rings. The van der Waals surface area contributed by atoms with Crippen LogP contribution in [-0.4, -0.2) is 13.2 Å². The van der Waals surface area contributed by atoms with Gasteiger partial charge < -0.3 is 0 Å². The third-order valence-corrected chi connectivity index (χ3v) is 5.47. The minimum absolute atomic E-state index is 0.688. The second-order valence-corrected chi connectivity index (χ2v) is 7.80. The summed E-state index contributed by atoms with van der Waals surface area (Å²) in [7, 11) is 5.79. The Labute approximate surface area is 87.3 Å². The molecule has 0 aromatic heterocycles. The van der Waals surface area contributed by atoms with Gasteiger partial charge in [-0.15, -0.1) is 0 Å². The fourth-order valence-corrected chi connectivity index (χ4v) is 1.37. The summed E-state index contributed by atoms with van der Waals surface area (Å²) < 4.78 is 0. The first-order chi connectivity index (χ1) is 5.72. The maximum Gasteiger partial charge on any atom is 0.399 e. The van der Waals surface area contributed by atoms with Crippen LogP contribution in [0.2, 0.25) is 10.6 Å². The molecule has 0 nitrogen and oxygen atoms in total. The van der Waals surface area contributed by atoms with Crippen molar-refractivity contribution >= 4 is 23.3 Å². The average molecular weight is 207 g/mol. The zero-order chi connectivity index (χ0) is 9.82. The summed E-state index contributed by atoms with van der Waals surface area (Å²) >= 11 is -0.688. The molecule has 0 N–H and O–H groups in total. The molecule has 2 heteroatoms. The van der Waals surface area contributed by atoms with E-state index in [0.29, 0.717) is 0 Å². The Kier molecular flexibility index (Phi) is 18.3. The summed E-state index contributed by atoms with van der Waals surface area (Å²) in [5.41, 5.74) is 0. The molecule has 0 radical (unpaired) electrons. The molecule has 12 heavy (non-hydrogen) atoms. The normalized spacial score (nSPS) is 8.75. The van der Waals surface area contributed by atoms with Gasteiger partial charge in [0.05, 0.1) is 0 Å². The highest BCUT2D eigenvalue weighted by molar-refractivity contribution is 7.06. The standard InChI is InChI=1S/C6H14.2C2H5.Al.ClH/c1-3-5-6-4-2;2*1-2;;/h3-6H2,1-2H3;2*1H2,2H3;;1H/q;;;+1;/p-1. The molecule has 0 fully saturated rings. The van der Waals surface area contributed by atoms with Crippen LogP contribution in [0.1, 0.15) is 53.4 Å². The lowest BCUT2D eigenvalue weighted by atomic mass is 10.2. The Bertz CT molecular complexity index is 58.9. The minimum atomic E-state index is -0.688. The van der Waals surface area contributed by atoms with Crippen LogP contribution < -0.4 is 0 Å². The SMILES string of the molecule is CCCCCC.C[CH2][Al]([Cl])[CH2]C. The van der Waals surface area contributed by atoms with E-state index in [4.69, 9.17) is 10.0 Å². The Balaban J connectivity index is 0. The molecule has 0 aliphatic carbocycles. The van der Waals surface area contributed by atoms with Gasteiger partial charge in [-0.25, -0.2) is 0 Å². The van der Waals surface area contributed by atoms with E-state index >= 15 is 0 Å². The molecule has 0 aliphatic heterocycles. The first-order valence-electron chi connectivity index (χ1n) is 5.36. The zero-order valence-electron chi connectivity index (χ0n) is 9.20. The van der Waals surface area contributed by atoms with Crippen LogP contribution >= 0.6 is 10.0 Å². The summed E-state index contributed by atoms with van der Waals surface area (Å²) in [6.45, 7) is 8.78. The zero-order valence-corrected chi connectivity index (χ0v) is 11.1. The summed E-state index contributed by atoms with van der Waals surface area (Å²) in [5.74, 6) is 0. The van der Waals surface area contributed by atoms with Crippen molar-refractivity contribution in [1.82, 2.24) is 0 Å². The first-order valence-corrected chi connectivity index (χ1v) is 8.74. The van der Waals surface area contributed by atoms with Crippen molar-refractivity contribution in [2.45, 2.75) is 63.9 Å². The van der Waals surface area contributed by atoms with E-state index in [1.165, 1.54) is 36.2 Å². The van der Waals surface area contributed by atoms with E-state index in [2.05, 4.69) is 27.7 Å². The van der Waals surface area contributed by atoms with E-state index in [-0.39, 0.29) is 0 Å². The highest BCUT2D eigenvalue weighted by Crippen LogP contribution is 2.00. The van der Waals surface area contributed by atoms with Gasteiger partial charge in [0.2, 0.25) is 0 Å². The van der Waals surface area contributed by atoms with Gasteiger partial charge in [0.1, 0.15) is 0 Å². The average Bonchev–Trinajstić information content (AvgIpc) is 2.14. The largest absolute Gasteiger partial charge is 0.399 e. The van der Waals surface area contributed by atoms with Crippen molar-refractivity contribution in [3.8, 4) is 0 Å². The monoisotopic (exact) mass is 206 g/mol. The summed E-state index contributed by atoms with van der Waals surface area (Å²) in [6, 6.07) is 0. The van der Waals surface area contributed by atoms with Crippen molar-refractivity contribution in [2.24, 2.45) is 0 Å². The van der Waals surface area contributed by atoms with Crippen molar-refractivity contribution in [1.29, 1.82) is 0 Å². The molecule has 0 unspecified atom stereocenters. The first kappa shape index (κ1) is 15.3. The smallest absolute Gasteiger partial charge is 0.261 e. The van der Waals surface area contributed by atoms with E-state index in [1.54, 1.807) is 0 Å². The summed E-state index contributed by atoms with van der Waals surface area (Å²) in [6.07, 6.45) is 5.54. The highest BCUT2D eigenvalue weighted by Gasteiger charge is 2.04. The van der Waals surface area contributed by atoms with Crippen LogP contribution in [0.3, 0.4) is 0 Å². The predicted molar refractivity (Wildman–Crippen MR) is 62.4 cm³/mol. The second kappa shape index (κ2) is 14.4. The lowest BCUT2D eigenvalue weighted by Crippen LogP contribution is -1.95. The predicted octanol–water partition coefficient (Wildman–Crippen LogP) is 4.84. The number of rotatable bonds is 5. The topological polar surface area (TPSA) is 0 Å². The number of halogens is 1. The van der Waals surface area contributed by atoms with Gasteiger partial charge in [-0.1, -0.05) is 63.9 Å². The molecule has 0 rings (SSSR count). The second-order valence-electron chi connectivity index (χ2n) is 3.12. The quantitative estimate of drug-likeness (QED) is 0.446. The minimum Gasteiger partial charge on any atom is -0.261 e. The van der Waals surface area contributed by atoms with Gasteiger partial charge in [0, 0.05) is 0 Å². The number of unbranched alkanes of at least 4 members (excludes halogenated alkanes) is 3. The lowest BCUT2D eigenvalue weighted by Gasteiger charge is -1.86. The van der Waals surface area contributed by atoms with Gasteiger partial charge >= 0.3 is 13.2 Å². The molecule has 74 valence electrons. The molecule has 0 amide bonds. The molecule has 0 aromatic rings. The summed E-state index contributed by atoms with van der Waals surface area (Å²) in [5, 5.41) is 2.47. The fourth-order valence-electron chi connectivity index (χ4n) is 0.789. The van der Waals surface area contributed by atoms with Crippen molar-refractivity contribution in [2.75, 3.05) is 0 Å². The lowest BCUT2D eigenvalue weighted by molar-refractivity contribution is 0.702. The van der Waals surface area contributed by atoms with Crippen LogP contribution in [0, 0.1) is 0 Å². The van der Waals surface area contributed by atoms with Gasteiger partial charge in [0.15, 0.2) is 0 Å². The number of hydrogen-bond donors (Lipinski definition) is 0. The third kappa shape index (κ3) is 17.1. The molecule has 0 aromatic carbocycles. The van der Waals surface area contributed by atoms with Crippen molar-refractivity contribution in [3.63, 3.8) is 0 Å². The Morgan fingerprint density at radius 3 is 1.25 bits per heavy atom. The van der Waals surface area contributed by atoms with Crippen molar-refractivity contribution in [3.05, 3.63) is 0 Å². The number of hydrogen-bond acceptors (Lipinski definition) is 0. The van der Waals surface area contributed by atoms with Crippen LogP contribution in [0.15, 0.2) is 0 Å². The Morgan fingerprint density at radius 2 is 1.17 bits per heavy atom. The van der Waals surface area contributed by atoms with Crippen LogP contribution in [0.5, 0.6) is 0 Å². The molecular formula is C10H24AlCl. The van der Waals surface area contributed by atoms with Crippen molar-refractivity contribution < 1.29 is 0 Å². The van der Waals surface area contributed by atoms with E-state index in [0.717, 1.165) is 0 Å². The van der Waals surface area contributed by atoms with E-state index in [9.17, 15) is 0 Å². The maximum absolute atomic E-state index is 5.79. The molecule has 0 saturated heterocycles. The van der Waals surface area contributed by atoms with Gasteiger partial charge in [-0.3, -0.25) is 10.0 Å². The van der Waals surface area contributed by atoms with E-state index < -0.39 is 13.2 Å². The molecule has 0 heterocycles. The van der Waals surface area contributed by atoms with Crippen LogP contribution in [-0.2, 0) is 0 Å². The Hall–Kier alpha value is 0.822. The summed E-state index contributed by atoms with van der Waals surface area (Å²) in [4.78, 5) is 0. The maximum atomic E-state index is 5.79. The third-order valence-electron chi connectivity index (χ3n) is 1.84. The molecule has 0 saturated carbocycles. The fraction of sp³-hybridized carbons (Fsp3) is 1.00. The van der Waals surface area contributed by atoms with Gasteiger partial charge in [0.25, 0.3) is 0 Å². The highest BCUT2D eigenvalue weighted by atomic mass is 35.6. The van der Waals surface area contributed by atoms with Crippen LogP contribution in [0.4, 0.5) is 0 Å². The van der Waals surface area contributed by atoms with Gasteiger partial charge in [-0.2, -0.15) is 0 Å². The molecule has 0 atom stereocenters.